The van der Waals surface area contributed by atoms with Crippen LogP contribution in [0.5, 0.6) is 0 Å². The first-order valence-electron chi connectivity index (χ1n) is 7.24. The number of ether oxygens (including phenoxy) is 1. The molecule has 0 atom stereocenters. The van der Waals surface area contributed by atoms with Gasteiger partial charge in [-0.05, 0) is 6.07 Å². The average molecular weight is 367 g/mol. The highest BCUT2D eigenvalue weighted by Gasteiger charge is 2.27. The van der Waals surface area contributed by atoms with Gasteiger partial charge in [-0.15, -0.1) is 11.3 Å². The molecule has 1 aromatic carbocycles. The van der Waals surface area contributed by atoms with Gasteiger partial charge < -0.3 is 10.5 Å². The number of aromatic nitrogens is 1. The van der Waals surface area contributed by atoms with Gasteiger partial charge in [-0.1, -0.05) is 18.2 Å². The van der Waals surface area contributed by atoms with E-state index in [-0.39, 0.29) is 4.90 Å². The molecular weight excluding hydrogens is 350 g/mol. The van der Waals surface area contributed by atoms with Crippen LogP contribution < -0.4 is 11.2 Å². The van der Waals surface area contributed by atoms with Crippen molar-refractivity contribution in [1.29, 1.82) is 0 Å². The summed E-state index contributed by atoms with van der Waals surface area (Å²) in [5.41, 5.74) is 8.78. The van der Waals surface area contributed by atoms with Crippen molar-refractivity contribution in [3.8, 4) is 0 Å². The minimum atomic E-state index is -3.58. The molecule has 1 aliphatic rings. The number of thiazole rings is 1. The molecule has 0 aliphatic carbocycles. The number of benzene rings is 1. The first kappa shape index (κ1) is 16.8. The topological polar surface area (TPSA) is 110 Å². The summed E-state index contributed by atoms with van der Waals surface area (Å²) in [5.74, 6) is 0.410. The molecule has 1 aromatic heterocycles. The number of hydrogen-bond acceptors (Lipinski definition) is 8. The van der Waals surface area contributed by atoms with E-state index in [9.17, 15) is 8.42 Å². The highest BCUT2D eigenvalue weighted by Crippen LogP contribution is 2.20. The zero-order valence-corrected chi connectivity index (χ0v) is 14.4. The minimum absolute atomic E-state index is 0.219. The Labute approximate surface area is 144 Å². The molecular formula is C14H17N5O3S2. The summed E-state index contributed by atoms with van der Waals surface area (Å²) in [7, 11) is -3.58. The standard InChI is InChI=1S/C14H17N5O3S2/c15-13-10-23-14(17-13)18-16-9-11-3-1-2-4-12(11)24(20,21)19-5-7-22-8-6-19/h1-4,9-10H,5-8,15H2,(H,17,18). The van der Waals surface area contributed by atoms with Crippen molar-refractivity contribution in [1.82, 2.24) is 9.29 Å². The van der Waals surface area contributed by atoms with Crippen LogP contribution in [0, 0.1) is 0 Å². The molecule has 0 saturated carbocycles. The van der Waals surface area contributed by atoms with E-state index in [2.05, 4.69) is 15.5 Å². The second-order valence-corrected chi connectivity index (χ2v) is 7.77. The van der Waals surface area contributed by atoms with Crippen LogP contribution in [0.1, 0.15) is 5.56 Å². The summed E-state index contributed by atoms with van der Waals surface area (Å²) in [5, 5.41) is 6.28. The predicted molar refractivity (Wildman–Crippen MR) is 93.8 cm³/mol. The summed E-state index contributed by atoms with van der Waals surface area (Å²) in [4.78, 5) is 4.24. The Balaban J connectivity index is 1.82. The molecule has 0 amide bonds. The van der Waals surface area contributed by atoms with Gasteiger partial charge in [0.2, 0.25) is 15.2 Å². The lowest BCUT2D eigenvalue weighted by molar-refractivity contribution is 0.0730. The van der Waals surface area contributed by atoms with Gasteiger partial charge in [-0.2, -0.15) is 9.41 Å². The Morgan fingerprint density at radius 1 is 1.33 bits per heavy atom. The summed E-state index contributed by atoms with van der Waals surface area (Å²) in [6.07, 6.45) is 1.46. The van der Waals surface area contributed by atoms with Crippen molar-refractivity contribution in [2.75, 3.05) is 37.5 Å². The highest BCUT2D eigenvalue weighted by molar-refractivity contribution is 7.89. The van der Waals surface area contributed by atoms with E-state index in [1.54, 1.807) is 29.6 Å². The zero-order valence-electron chi connectivity index (χ0n) is 12.8. The smallest absolute Gasteiger partial charge is 0.243 e. The van der Waals surface area contributed by atoms with Gasteiger partial charge in [0.25, 0.3) is 0 Å². The Morgan fingerprint density at radius 3 is 2.79 bits per heavy atom. The van der Waals surface area contributed by atoms with E-state index in [1.807, 2.05) is 0 Å². The van der Waals surface area contributed by atoms with Crippen molar-refractivity contribution in [2.45, 2.75) is 4.90 Å². The average Bonchev–Trinajstić information content (AvgIpc) is 3.01. The van der Waals surface area contributed by atoms with Gasteiger partial charge in [-0.25, -0.2) is 13.4 Å². The number of nitrogens with two attached hydrogens (primary N) is 1. The molecule has 0 spiro atoms. The number of hydrogen-bond donors (Lipinski definition) is 2. The molecule has 8 nitrogen and oxygen atoms in total. The number of anilines is 2. The van der Waals surface area contributed by atoms with Crippen LogP contribution in [0.4, 0.5) is 10.9 Å². The first-order valence-corrected chi connectivity index (χ1v) is 9.56. The number of nitrogen functional groups attached to an aromatic ring is 1. The molecule has 3 rings (SSSR count). The van der Waals surface area contributed by atoms with Crippen LogP contribution >= 0.6 is 11.3 Å². The lowest BCUT2D eigenvalue weighted by Crippen LogP contribution is -2.40. The van der Waals surface area contributed by atoms with Crippen molar-refractivity contribution in [3.05, 3.63) is 35.2 Å². The van der Waals surface area contributed by atoms with Crippen LogP contribution in [-0.2, 0) is 14.8 Å². The predicted octanol–water partition coefficient (Wildman–Crippen LogP) is 1.19. The SMILES string of the molecule is Nc1csc(NN=Cc2ccccc2S(=O)(=O)N2CCOCC2)n1. The summed E-state index contributed by atoms with van der Waals surface area (Å²) < 4.78 is 32.3. The van der Waals surface area contributed by atoms with Crippen LogP contribution in [0.2, 0.25) is 0 Å². The van der Waals surface area contributed by atoms with E-state index >= 15 is 0 Å². The van der Waals surface area contributed by atoms with E-state index in [0.717, 1.165) is 0 Å². The molecule has 1 saturated heterocycles. The molecule has 0 radical (unpaired) electrons. The molecule has 10 heteroatoms. The van der Waals surface area contributed by atoms with Gasteiger partial charge in [0.15, 0.2) is 0 Å². The fraction of sp³-hybridized carbons (Fsp3) is 0.286. The highest BCUT2D eigenvalue weighted by atomic mass is 32.2. The van der Waals surface area contributed by atoms with Gasteiger partial charge in [-0.3, -0.25) is 5.43 Å². The molecule has 3 N–H and O–H groups in total. The van der Waals surface area contributed by atoms with Gasteiger partial charge in [0.05, 0.1) is 24.3 Å². The van der Waals surface area contributed by atoms with Crippen molar-refractivity contribution in [3.63, 3.8) is 0 Å². The molecule has 0 unspecified atom stereocenters. The van der Waals surface area contributed by atoms with Gasteiger partial charge in [0.1, 0.15) is 5.82 Å². The third-order valence-corrected chi connectivity index (χ3v) is 6.13. The summed E-state index contributed by atoms with van der Waals surface area (Å²) >= 11 is 1.32. The van der Waals surface area contributed by atoms with Gasteiger partial charge in [0, 0.05) is 24.0 Å². The first-order chi connectivity index (χ1) is 11.6. The third kappa shape index (κ3) is 3.73. The quantitative estimate of drug-likeness (QED) is 0.607. The van der Waals surface area contributed by atoms with Gasteiger partial charge >= 0.3 is 0 Å². The number of nitrogens with zero attached hydrogens (tertiary/aromatic N) is 3. The Hall–Kier alpha value is -2.01. The number of hydrazone groups is 1. The molecule has 2 aromatic rings. The van der Waals surface area contributed by atoms with Crippen LogP contribution in [0.15, 0.2) is 39.6 Å². The maximum atomic E-state index is 12.8. The van der Waals surface area contributed by atoms with Crippen molar-refractivity contribution in [2.24, 2.45) is 5.10 Å². The lowest BCUT2D eigenvalue weighted by atomic mass is 10.2. The normalized spacial score (nSPS) is 16.5. The molecule has 1 fully saturated rings. The van der Waals surface area contributed by atoms with E-state index < -0.39 is 10.0 Å². The Bertz CT molecular complexity index is 828. The molecule has 24 heavy (non-hydrogen) atoms. The number of nitrogens with one attached hydrogen (secondary N) is 1. The molecule has 128 valence electrons. The Morgan fingerprint density at radius 2 is 2.08 bits per heavy atom. The van der Waals surface area contributed by atoms with Crippen LogP contribution in [0.25, 0.3) is 0 Å². The molecule has 2 heterocycles. The second-order valence-electron chi connectivity index (χ2n) is 5.00. The van der Waals surface area contributed by atoms with Crippen LogP contribution in [-0.4, -0.2) is 50.2 Å². The monoisotopic (exact) mass is 367 g/mol. The molecule has 1 aliphatic heterocycles. The minimum Gasteiger partial charge on any atom is -0.383 e. The summed E-state index contributed by atoms with van der Waals surface area (Å²) in [6, 6.07) is 6.74. The fourth-order valence-electron chi connectivity index (χ4n) is 2.24. The summed E-state index contributed by atoms with van der Waals surface area (Å²) in [6.45, 7) is 1.51. The fourth-order valence-corrected chi connectivity index (χ4v) is 4.37. The molecule has 0 bridgehead atoms. The van der Waals surface area contributed by atoms with Crippen LogP contribution in [0.3, 0.4) is 0 Å². The third-order valence-electron chi connectivity index (χ3n) is 3.39. The second kappa shape index (κ2) is 7.26. The lowest BCUT2D eigenvalue weighted by Gasteiger charge is -2.26. The number of morpholine rings is 1. The van der Waals surface area contributed by atoms with Crippen molar-refractivity contribution < 1.29 is 13.2 Å². The van der Waals surface area contributed by atoms with E-state index in [1.165, 1.54) is 21.9 Å². The number of rotatable bonds is 5. The van der Waals surface area contributed by atoms with E-state index in [0.29, 0.717) is 42.8 Å². The van der Waals surface area contributed by atoms with Crippen molar-refractivity contribution >= 4 is 38.5 Å². The number of sulfonamides is 1. The largest absolute Gasteiger partial charge is 0.383 e. The maximum Gasteiger partial charge on any atom is 0.243 e. The Kier molecular flexibility index (Phi) is 5.09. The zero-order chi connectivity index (χ0) is 17.0. The van der Waals surface area contributed by atoms with E-state index in [4.69, 9.17) is 10.5 Å². The maximum absolute atomic E-state index is 12.8.